The van der Waals surface area contributed by atoms with E-state index < -0.39 is 0 Å². The van der Waals surface area contributed by atoms with E-state index in [4.69, 9.17) is 9.47 Å². The molecule has 0 aliphatic heterocycles. The van der Waals surface area contributed by atoms with Gasteiger partial charge in [-0.15, -0.1) is 0 Å². The molecule has 0 atom stereocenters. The monoisotopic (exact) mass is 590 g/mol. The number of nitrogens with zero attached hydrogens (tertiary/aromatic N) is 2. The van der Waals surface area contributed by atoms with E-state index in [1.807, 2.05) is 24.3 Å². The first kappa shape index (κ1) is 29.6. The van der Waals surface area contributed by atoms with Crippen LogP contribution in [0.15, 0.2) is 146 Å². The zero-order valence-electron chi connectivity index (χ0n) is 26.3. The maximum Gasteiger partial charge on any atom is 0.230 e. The number of hydrogen-bond donors (Lipinski definition) is 0. The molecule has 0 fully saturated rings. The minimum Gasteiger partial charge on any atom is -0.457 e. The molecule has 6 rings (SSSR count). The molecule has 0 N–H and O–H groups in total. The number of aryl methyl sites for hydroxylation is 4. The summed E-state index contributed by atoms with van der Waals surface area (Å²) in [5.74, 6) is 1.46. The summed E-state index contributed by atoms with van der Waals surface area (Å²) >= 11 is 0. The van der Waals surface area contributed by atoms with E-state index >= 15 is 0 Å². The van der Waals surface area contributed by atoms with Gasteiger partial charge >= 0.3 is 0 Å². The molecule has 4 heteroatoms. The Kier molecular flexibility index (Phi) is 8.84. The molecule has 0 aromatic heterocycles. The number of benzene rings is 6. The van der Waals surface area contributed by atoms with E-state index in [-0.39, 0.29) is 6.79 Å². The van der Waals surface area contributed by atoms with Crippen LogP contribution in [0, 0.1) is 27.7 Å². The fourth-order valence-electron chi connectivity index (χ4n) is 5.26. The number of rotatable bonds is 10. The number of anilines is 6. The largest absolute Gasteiger partial charge is 0.457 e. The van der Waals surface area contributed by atoms with Crippen LogP contribution in [0.1, 0.15) is 22.3 Å². The third-order valence-electron chi connectivity index (χ3n) is 7.77. The lowest BCUT2D eigenvalue weighted by atomic mass is 10.1. The van der Waals surface area contributed by atoms with E-state index in [0.29, 0.717) is 0 Å². The van der Waals surface area contributed by atoms with Crippen LogP contribution in [0.2, 0.25) is 0 Å². The Morgan fingerprint density at radius 1 is 0.356 bits per heavy atom. The molecule has 0 radical (unpaired) electrons. The molecule has 0 unspecified atom stereocenters. The topological polar surface area (TPSA) is 24.9 Å². The summed E-state index contributed by atoms with van der Waals surface area (Å²) in [5.41, 5.74) is 11.3. The van der Waals surface area contributed by atoms with Crippen molar-refractivity contribution in [1.82, 2.24) is 0 Å². The van der Waals surface area contributed by atoms with E-state index in [0.717, 1.165) is 45.6 Å². The van der Waals surface area contributed by atoms with Crippen LogP contribution in [0.3, 0.4) is 0 Å². The standard InChI is InChI=1S/C41H38N2O2/c1-30-11-19-34(20-12-30)42(35-21-13-31(2)14-22-35)38-7-5-9-40(27-38)44-29-45-41-10-6-8-39(28-41)43(36-23-15-32(3)16-24-36)37-25-17-33(4)18-26-37/h5-28H,29H2,1-4H3. The van der Waals surface area contributed by atoms with Crippen LogP contribution in [0.25, 0.3) is 0 Å². The summed E-state index contributed by atoms with van der Waals surface area (Å²) in [6.45, 7) is 8.50. The minimum absolute atomic E-state index is 0.0804. The smallest absolute Gasteiger partial charge is 0.230 e. The molecule has 0 saturated carbocycles. The molecule has 0 bridgehead atoms. The molecule has 224 valence electrons. The molecule has 0 aliphatic rings. The predicted octanol–water partition coefficient (Wildman–Crippen LogP) is 11.3. The number of ether oxygens (including phenoxy) is 2. The Hall–Kier alpha value is -5.48. The van der Waals surface area contributed by atoms with Crippen molar-refractivity contribution in [2.45, 2.75) is 27.7 Å². The van der Waals surface area contributed by atoms with Gasteiger partial charge in [-0.1, -0.05) is 82.9 Å². The van der Waals surface area contributed by atoms with Crippen LogP contribution >= 0.6 is 0 Å². The maximum atomic E-state index is 6.14. The molecule has 0 spiro atoms. The van der Waals surface area contributed by atoms with Gasteiger partial charge in [0, 0.05) is 46.3 Å². The second-order valence-corrected chi connectivity index (χ2v) is 11.4. The quantitative estimate of drug-likeness (QED) is 0.148. The summed E-state index contributed by atoms with van der Waals surface area (Å²) < 4.78 is 12.3. The predicted molar refractivity (Wildman–Crippen MR) is 187 cm³/mol. The van der Waals surface area contributed by atoms with Gasteiger partial charge in [-0.25, -0.2) is 0 Å². The third kappa shape index (κ3) is 7.19. The Morgan fingerprint density at radius 3 is 0.933 bits per heavy atom. The molecule has 0 aliphatic carbocycles. The Bertz CT molecular complexity index is 1620. The van der Waals surface area contributed by atoms with Gasteiger partial charge in [-0.3, -0.25) is 0 Å². The van der Waals surface area contributed by atoms with Crippen LogP contribution in [-0.2, 0) is 0 Å². The molecular formula is C41H38N2O2. The summed E-state index contributed by atoms with van der Waals surface area (Å²) in [5, 5.41) is 0. The zero-order chi connectivity index (χ0) is 31.2. The van der Waals surface area contributed by atoms with Gasteiger partial charge in [-0.2, -0.15) is 0 Å². The fourth-order valence-corrected chi connectivity index (χ4v) is 5.26. The summed E-state index contributed by atoms with van der Waals surface area (Å²) in [4.78, 5) is 4.47. The van der Waals surface area contributed by atoms with E-state index in [1.54, 1.807) is 0 Å². The first-order valence-electron chi connectivity index (χ1n) is 15.3. The molecule has 6 aromatic carbocycles. The van der Waals surface area contributed by atoms with Crippen molar-refractivity contribution in [3.63, 3.8) is 0 Å². The molecule has 6 aromatic rings. The summed E-state index contributed by atoms with van der Waals surface area (Å²) in [6, 6.07) is 50.5. The van der Waals surface area contributed by atoms with Gasteiger partial charge in [0.25, 0.3) is 0 Å². The summed E-state index contributed by atoms with van der Waals surface area (Å²) in [6.07, 6.45) is 0. The molecule has 0 saturated heterocycles. The minimum atomic E-state index is 0.0804. The van der Waals surface area contributed by atoms with Crippen LogP contribution in [0.4, 0.5) is 34.1 Å². The third-order valence-corrected chi connectivity index (χ3v) is 7.77. The second kappa shape index (κ2) is 13.4. The highest BCUT2D eigenvalue weighted by Gasteiger charge is 2.15. The highest BCUT2D eigenvalue weighted by Crippen LogP contribution is 2.38. The molecular weight excluding hydrogens is 552 g/mol. The Labute approximate surface area is 266 Å². The lowest BCUT2D eigenvalue weighted by Gasteiger charge is -2.26. The van der Waals surface area contributed by atoms with Crippen LogP contribution in [0.5, 0.6) is 11.5 Å². The van der Waals surface area contributed by atoms with E-state index in [9.17, 15) is 0 Å². The normalized spacial score (nSPS) is 10.8. The maximum absolute atomic E-state index is 6.14. The first-order chi connectivity index (χ1) is 21.9. The van der Waals surface area contributed by atoms with E-state index in [1.165, 1.54) is 22.3 Å². The van der Waals surface area contributed by atoms with Crippen molar-refractivity contribution in [1.29, 1.82) is 0 Å². The number of hydrogen-bond acceptors (Lipinski definition) is 4. The lowest BCUT2D eigenvalue weighted by molar-refractivity contribution is 0.120. The van der Waals surface area contributed by atoms with Crippen LogP contribution in [-0.4, -0.2) is 6.79 Å². The van der Waals surface area contributed by atoms with Gasteiger partial charge < -0.3 is 19.3 Å². The average molecular weight is 591 g/mol. The highest BCUT2D eigenvalue weighted by molar-refractivity contribution is 5.78. The van der Waals surface area contributed by atoms with Crippen molar-refractivity contribution in [2.75, 3.05) is 16.6 Å². The lowest BCUT2D eigenvalue weighted by Crippen LogP contribution is -2.11. The summed E-state index contributed by atoms with van der Waals surface area (Å²) in [7, 11) is 0. The van der Waals surface area contributed by atoms with Crippen molar-refractivity contribution in [3.05, 3.63) is 168 Å². The molecule has 0 amide bonds. The van der Waals surface area contributed by atoms with Crippen LogP contribution < -0.4 is 19.3 Å². The molecule has 4 nitrogen and oxygen atoms in total. The second-order valence-electron chi connectivity index (χ2n) is 11.4. The molecule has 45 heavy (non-hydrogen) atoms. The fraction of sp³-hybridized carbons (Fsp3) is 0.122. The highest BCUT2D eigenvalue weighted by atomic mass is 16.7. The SMILES string of the molecule is Cc1ccc(N(c2ccc(C)cc2)c2cccc(OCOc3cccc(N(c4ccc(C)cc4)c4ccc(C)cc4)c3)c2)cc1. The Morgan fingerprint density at radius 2 is 0.644 bits per heavy atom. The first-order valence-corrected chi connectivity index (χ1v) is 15.3. The zero-order valence-corrected chi connectivity index (χ0v) is 26.3. The van der Waals surface area contributed by atoms with Gasteiger partial charge in [0.2, 0.25) is 6.79 Å². The van der Waals surface area contributed by atoms with Gasteiger partial charge in [0.1, 0.15) is 11.5 Å². The Balaban J connectivity index is 1.21. The van der Waals surface area contributed by atoms with Gasteiger partial charge in [-0.05, 0) is 100 Å². The van der Waals surface area contributed by atoms with Crippen molar-refractivity contribution < 1.29 is 9.47 Å². The van der Waals surface area contributed by atoms with E-state index in [2.05, 4.69) is 159 Å². The van der Waals surface area contributed by atoms with Crippen molar-refractivity contribution >= 4 is 34.1 Å². The average Bonchev–Trinajstić information content (AvgIpc) is 3.05. The van der Waals surface area contributed by atoms with Crippen molar-refractivity contribution in [2.24, 2.45) is 0 Å². The van der Waals surface area contributed by atoms with Gasteiger partial charge in [0.15, 0.2) is 0 Å². The van der Waals surface area contributed by atoms with Gasteiger partial charge in [0.05, 0.1) is 0 Å². The molecule has 0 heterocycles. The van der Waals surface area contributed by atoms with Crippen molar-refractivity contribution in [3.8, 4) is 11.5 Å².